The summed E-state index contributed by atoms with van der Waals surface area (Å²) in [7, 11) is 3.37. The minimum absolute atomic E-state index is 0.220. The molecule has 1 atom stereocenters. The summed E-state index contributed by atoms with van der Waals surface area (Å²) >= 11 is 0. The van der Waals surface area contributed by atoms with Gasteiger partial charge in [-0.05, 0) is 14.1 Å². The van der Waals surface area contributed by atoms with Crippen molar-refractivity contribution in [1.82, 2.24) is 4.90 Å². The van der Waals surface area contributed by atoms with Crippen LogP contribution in [0.1, 0.15) is 0 Å². The number of amides is 1. The zero-order valence-corrected chi connectivity index (χ0v) is 5.66. The number of carbonyl (C=O) groups excluding carboxylic acids is 1. The SMILES string of the molecule is CN(C)C(CO)C(N)=O. The first-order valence-electron chi connectivity index (χ1n) is 2.66. The Balaban J connectivity index is 3.83. The molecule has 4 heteroatoms. The molecule has 0 aliphatic carbocycles. The Hall–Kier alpha value is -0.610. The predicted molar refractivity (Wildman–Crippen MR) is 33.8 cm³/mol. The first kappa shape index (κ1) is 8.39. The molecule has 0 saturated heterocycles. The third kappa shape index (κ3) is 2.43. The summed E-state index contributed by atoms with van der Waals surface area (Å²) in [6, 6.07) is -0.551. The van der Waals surface area contributed by atoms with Crippen molar-refractivity contribution in [1.29, 1.82) is 0 Å². The molecule has 1 amide bonds. The van der Waals surface area contributed by atoms with E-state index in [1.807, 2.05) is 0 Å². The Morgan fingerprint density at radius 2 is 2.22 bits per heavy atom. The molecule has 54 valence electrons. The minimum atomic E-state index is -0.551. The highest BCUT2D eigenvalue weighted by atomic mass is 16.3. The summed E-state index contributed by atoms with van der Waals surface area (Å²) in [4.78, 5) is 12.0. The minimum Gasteiger partial charge on any atom is -0.394 e. The van der Waals surface area contributed by atoms with Crippen LogP contribution in [-0.2, 0) is 4.79 Å². The summed E-state index contributed by atoms with van der Waals surface area (Å²) < 4.78 is 0. The maximum absolute atomic E-state index is 10.4. The van der Waals surface area contributed by atoms with Crippen molar-refractivity contribution in [2.75, 3.05) is 20.7 Å². The molecule has 9 heavy (non-hydrogen) atoms. The lowest BCUT2D eigenvalue weighted by molar-refractivity contribution is -0.123. The number of likely N-dealkylation sites (N-methyl/N-ethyl adjacent to an activating group) is 1. The highest BCUT2D eigenvalue weighted by Crippen LogP contribution is 1.88. The average molecular weight is 132 g/mol. The first-order valence-corrected chi connectivity index (χ1v) is 2.66. The molecule has 0 aliphatic heterocycles. The molecule has 0 aliphatic rings. The van der Waals surface area contributed by atoms with E-state index in [-0.39, 0.29) is 6.61 Å². The molecular formula is C5H12N2O2. The zero-order chi connectivity index (χ0) is 7.44. The highest BCUT2D eigenvalue weighted by Gasteiger charge is 2.14. The Kier molecular flexibility index (Phi) is 3.19. The Morgan fingerprint density at radius 1 is 1.78 bits per heavy atom. The van der Waals surface area contributed by atoms with Crippen molar-refractivity contribution < 1.29 is 9.90 Å². The van der Waals surface area contributed by atoms with E-state index in [0.29, 0.717) is 0 Å². The standard InChI is InChI=1S/C5H12N2O2/c1-7(2)4(3-8)5(6)9/h4,8H,3H2,1-2H3,(H2,6,9). The third-order valence-electron chi connectivity index (χ3n) is 1.12. The molecule has 4 nitrogen and oxygen atoms in total. The van der Waals surface area contributed by atoms with Gasteiger partial charge in [-0.3, -0.25) is 9.69 Å². The van der Waals surface area contributed by atoms with Crippen molar-refractivity contribution in [3.8, 4) is 0 Å². The fraction of sp³-hybridized carbons (Fsp3) is 0.800. The number of nitrogens with zero attached hydrogens (tertiary/aromatic N) is 1. The van der Waals surface area contributed by atoms with E-state index in [2.05, 4.69) is 0 Å². The van der Waals surface area contributed by atoms with Crippen LogP contribution < -0.4 is 5.73 Å². The molecule has 0 fully saturated rings. The van der Waals surface area contributed by atoms with Crippen LogP contribution in [0.5, 0.6) is 0 Å². The number of primary amides is 1. The monoisotopic (exact) mass is 132 g/mol. The smallest absolute Gasteiger partial charge is 0.237 e. The number of aliphatic hydroxyl groups is 1. The highest BCUT2D eigenvalue weighted by molar-refractivity contribution is 5.79. The molecule has 0 heterocycles. The molecule has 0 aromatic heterocycles. The second-order valence-electron chi connectivity index (χ2n) is 2.06. The van der Waals surface area contributed by atoms with Crippen molar-refractivity contribution in [3.63, 3.8) is 0 Å². The lowest BCUT2D eigenvalue weighted by Crippen LogP contribution is -2.42. The van der Waals surface area contributed by atoms with Gasteiger partial charge in [0.2, 0.25) is 5.91 Å². The van der Waals surface area contributed by atoms with Gasteiger partial charge in [-0.1, -0.05) is 0 Å². The number of rotatable bonds is 3. The first-order chi connectivity index (χ1) is 4.09. The van der Waals surface area contributed by atoms with E-state index >= 15 is 0 Å². The Morgan fingerprint density at radius 3 is 2.22 bits per heavy atom. The maximum Gasteiger partial charge on any atom is 0.237 e. The lowest BCUT2D eigenvalue weighted by atomic mass is 10.3. The molecule has 1 unspecified atom stereocenters. The summed E-state index contributed by atoms with van der Waals surface area (Å²) in [6.07, 6.45) is 0. The van der Waals surface area contributed by atoms with Crippen LogP contribution in [-0.4, -0.2) is 42.7 Å². The van der Waals surface area contributed by atoms with Crippen LogP contribution in [0.2, 0.25) is 0 Å². The van der Waals surface area contributed by atoms with Crippen molar-refractivity contribution >= 4 is 5.91 Å². The van der Waals surface area contributed by atoms with Gasteiger partial charge in [-0.2, -0.15) is 0 Å². The van der Waals surface area contributed by atoms with E-state index < -0.39 is 11.9 Å². The van der Waals surface area contributed by atoms with Gasteiger partial charge < -0.3 is 10.8 Å². The number of aliphatic hydroxyl groups excluding tert-OH is 1. The quantitative estimate of drug-likeness (QED) is 0.485. The van der Waals surface area contributed by atoms with Gasteiger partial charge in [-0.25, -0.2) is 0 Å². The second kappa shape index (κ2) is 3.42. The molecule has 0 spiro atoms. The van der Waals surface area contributed by atoms with Crippen LogP contribution >= 0.6 is 0 Å². The fourth-order valence-corrected chi connectivity index (χ4v) is 0.508. The Labute approximate surface area is 54.3 Å². The van der Waals surface area contributed by atoms with E-state index in [4.69, 9.17) is 10.8 Å². The average Bonchev–Trinajstić information content (AvgIpc) is 1.64. The zero-order valence-electron chi connectivity index (χ0n) is 5.66. The predicted octanol–water partition coefficient (Wildman–Crippen LogP) is -1.61. The van der Waals surface area contributed by atoms with Crippen LogP contribution in [0.3, 0.4) is 0 Å². The van der Waals surface area contributed by atoms with Gasteiger partial charge in [0, 0.05) is 0 Å². The lowest BCUT2D eigenvalue weighted by Gasteiger charge is -2.17. The molecule has 0 radical (unpaired) electrons. The number of carbonyl (C=O) groups is 1. The van der Waals surface area contributed by atoms with E-state index in [0.717, 1.165) is 0 Å². The third-order valence-corrected chi connectivity index (χ3v) is 1.12. The van der Waals surface area contributed by atoms with E-state index in [1.54, 1.807) is 19.0 Å². The molecule has 0 aromatic carbocycles. The second-order valence-corrected chi connectivity index (χ2v) is 2.06. The topological polar surface area (TPSA) is 66.6 Å². The number of hydrogen-bond donors (Lipinski definition) is 2. The van der Waals surface area contributed by atoms with Crippen LogP contribution in [0.4, 0.5) is 0 Å². The van der Waals surface area contributed by atoms with E-state index in [1.165, 1.54) is 0 Å². The molecule has 3 N–H and O–H groups in total. The van der Waals surface area contributed by atoms with Gasteiger partial charge in [0.1, 0.15) is 6.04 Å². The van der Waals surface area contributed by atoms with Gasteiger partial charge in [-0.15, -0.1) is 0 Å². The van der Waals surface area contributed by atoms with E-state index in [9.17, 15) is 4.79 Å². The largest absolute Gasteiger partial charge is 0.394 e. The summed E-state index contributed by atoms with van der Waals surface area (Å²) in [6.45, 7) is -0.220. The summed E-state index contributed by atoms with van der Waals surface area (Å²) in [5, 5.41) is 8.52. The molecule has 0 bridgehead atoms. The van der Waals surface area contributed by atoms with Gasteiger partial charge in [0.15, 0.2) is 0 Å². The van der Waals surface area contributed by atoms with Gasteiger partial charge >= 0.3 is 0 Å². The van der Waals surface area contributed by atoms with Crippen LogP contribution in [0.15, 0.2) is 0 Å². The van der Waals surface area contributed by atoms with Crippen LogP contribution in [0, 0.1) is 0 Å². The molecule has 0 aromatic rings. The van der Waals surface area contributed by atoms with Crippen LogP contribution in [0.25, 0.3) is 0 Å². The Bertz CT molecular complexity index is 103. The molecule has 0 saturated carbocycles. The molecular weight excluding hydrogens is 120 g/mol. The van der Waals surface area contributed by atoms with Gasteiger partial charge in [0.05, 0.1) is 6.61 Å². The van der Waals surface area contributed by atoms with Crippen molar-refractivity contribution in [2.24, 2.45) is 5.73 Å². The van der Waals surface area contributed by atoms with Crippen molar-refractivity contribution in [3.05, 3.63) is 0 Å². The summed E-state index contributed by atoms with van der Waals surface area (Å²) in [5.41, 5.74) is 4.91. The fourth-order valence-electron chi connectivity index (χ4n) is 0.508. The normalized spacial score (nSPS) is 13.8. The number of hydrogen-bond acceptors (Lipinski definition) is 3. The summed E-state index contributed by atoms with van der Waals surface area (Å²) in [5.74, 6) is -0.498. The molecule has 0 rings (SSSR count). The maximum atomic E-state index is 10.4. The van der Waals surface area contributed by atoms with Crippen molar-refractivity contribution in [2.45, 2.75) is 6.04 Å². The number of nitrogens with two attached hydrogens (primary N) is 1. The van der Waals surface area contributed by atoms with Gasteiger partial charge in [0.25, 0.3) is 0 Å².